The lowest BCUT2D eigenvalue weighted by Gasteiger charge is -2.34. The predicted octanol–water partition coefficient (Wildman–Crippen LogP) is 2.22. The van der Waals surface area contributed by atoms with Crippen LogP contribution in [0.15, 0.2) is 0 Å². The Kier molecular flexibility index (Phi) is 4.27. The van der Waals surface area contributed by atoms with Crippen molar-refractivity contribution in [1.29, 1.82) is 0 Å². The van der Waals surface area contributed by atoms with Gasteiger partial charge in [0.1, 0.15) is 0 Å². The lowest BCUT2D eigenvalue weighted by atomic mass is 10.2. The third kappa shape index (κ3) is 2.57. The molecule has 1 N–H and O–H groups in total. The molecule has 4 atom stereocenters. The van der Waals surface area contributed by atoms with Gasteiger partial charge in [-0.3, -0.25) is 0 Å². The Balaban J connectivity index is 2.39. The molecule has 1 aliphatic heterocycles. The highest BCUT2D eigenvalue weighted by atomic mass is 32.2. The van der Waals surface area contributed by atoms with Gasteiger partial charge in [0.25, 0.3) is 0 Å². The van der Waals surface area contributed by atoms with E-state index in [1.165, 1.54) is 5.75 Å². The summed E-state index contributed by atoms with van der Waals surface area (Å²) in [6, 6.07) is 0.650. The van der Waals surface area contributed by atoms with Gasteiger partial charge in [0, 0.05) is 27.5 Å². The number of thioether (sulfide) groups is 2. The molecule has 4 unspecified atom stereocenters. The van der Waals surface area contributed by atoms with Crippen LogP contribution in [0.25, 0.3) is 0 Å². The van der Waals surface area contributed by atoms with E-state index >= 15 is 0 Å². The minimum Gasteiger partial charge on any atom is -0.316 e. The zero-order valence-corrected chi connectivity index (χ0v) is 9.97. The summed E-state index contributed by atoms with van der Waals surface area (Å²) in [5.74, 6) is 1.30. The third-order valence-electron chi connectivity index (χ3n) is 2.59. The molecule has 12 heavy (non-hydrogen) atoms. The Hall–Kier alpha value is 0.660. The zero-order valence-electron chi connectivity index (χ0n) is 8.33. The van der Waals surface area contributed by atoms with E-state index in [1.54, 1.807) is 0 Å². The van der Waals surface area contributed by atoms with Crippen LogP contribution < -0.4 is 5.32 Å². The summed E-state index contributed by atoms with van der Waals surface area (Å²) in [7, 11) is 2.05. The largest absolute Gasteiger partial charge is 0.316 e. The Morgan fingerprint density at radius 1 is 1.33 bits per heavy atom. The lowest BCUT2D eigenvalue weighted by Crippen LogP contribution is -2.39. The molecular formula is C9H19NS2. The molecule has 1 rings (SSSR count). The Labute approximate surface area is 84.4 Å². The van der Waals surface area contributed by atoms with Gasteiger partial charge in [0.15, 0.2) is 0 Å². The van der Waals surface area contributed by atoms with Crippen molar-refractivity contribution in [2.24, 2.45) is 0 Å². The van der Waals surface area contributed by atoms with Gasteiger partial charge in [0.05, 0.1) is 0 Å². The van der Waals surface area contributed by atoms with E-state index < -0.39 is 0 Å². The minimum atomic E-state index is 0.650. The number of hydrogen-bond donors (Lipinski definition) is 1. The standard InChI is InChI=1S/C9H19NS2/c1-6(10-4)9-5-11-7(2)8(3)12-9/h6-10H,5H2,1-4H3. The van der Waals surface area contributed by atoms with Gasteiger partial charge < -0.3 is 5.32 Å². The average Bonchev–Trinajstić information content (AvgIpc) is 2.08. The average molecular weight is 205 g/mol. The van der Waals surface area contributed by atoms with E-state index in [2.05, 4.69) is 56.7 Å². The monoisotopic (exact) mass is 205 g/mol. The Bertz CT molecular complexity index is 140. The Morgan fingerprint density at radius 2 is 2.00 bits per heavy atom. The maximum Gasteiger partial charge on any atom is 0.0292 e. The molecule has 3 heteroatoms. The van der Waals surface area contributed by atoms with E-state index in [0.29, 0.717) is 6.04 Å². The molecule has 0 aromatic rings. The summed E-state index contributed by atoms with van der Waals surface area (Å²) in [6.07, 6.45) is 0. The van der Waals surface area contributed by atoms with E-state index in [9.17, 15) is 0 Å². The fourth-order valence-electron chi connectivity index (χ4n) is 1.26. The maximum atomic E-state index is 3.34. The topological polar surface area (TPSA) is 12.0 Å². The van der Waals surface area contributed by atoms with E-state index in [4.69, 9.17) is 0 Å². The molecule has 0 bridgehead atoms. The molecule has 72 valence electrons. The van der Waals surface area contributed by atoms with Crippen LogP contribution in [0.5, 0.6) is 0 Å². The molecule has 0 spiro atoms. The van der Waals surface area contributed by atoms with Crippen molar-refractivity contribution in [3.63, 3.8) is 0 Å². The highest BCUT2D eigenvalue weighted by Crippen LogP contribution is 2.36. The van der Waals surface area contributed by atoms with Gasteiger partial charge >= 0.3 is 0 Å². The van der Waals surface area contributed by atoms with Gasteiger partial charge in [0.2, 0.25) is 0 Å². The number of rotatable bonds is 2. The summed E-state index contributed by atoms with van der Waals surface area (Å²) in [4.78, 5) is 0. The molecule has 1 heterocycles. The number of nitrogens with one attached hydrogen (secondary N) is 1. The molecule has 1 fully saturated rings. The fourth-order valence-corrected chi connectivity index (χ4v) is 4.43. The van der Waals surface area contributed by atoms with Gasteiger partial charge in [-0.2, -0.15) is 23.5 Å². The first kappa shape index (κ1) is 10.7. The minimum absolute atomic E-state index is 0.650. The molecule has 1 saturated heterocycles. The zero-order chi connectivity index (χ0) is 9.14. The van der Waals surface area contributed by atoms with E-state index in [-0.39, 0.29) is 0 Å². The summed E-state index contributed by atoms with van der Waals surface area (Å²) < 4.78 is 0. The van der Waals surface area contributed by atoms with Crippen molar-refractivity contribution in [3.8, 4) is 0 Å². The van der Waals surface area contributed by atoms with E-state index in [1.807, 2.05) is 0 Å². The molecular weight excluding hydrogens is 186 g/mol. The van der Waals surface area contributed by atoms with Gasteiger partial charge in [-0.05, 0) is 14.0 Å². The van der Waals surface area contributed by atoms with Crippen LogP contribution in [0.3, 0.4) is 0 Å². The first-order chi connectivity index (χ1) is 5.65. The normalized spacial score (nSPS) is 39.5. The molecule has 0 radical (unpaired) electrons. The van der Waals surface area contributed by atoms with Crippen LogP contribution >= 0.6 is 23.5 Å². The molecule has 0 amide bonds. The van der Waals surface area contributed by atoms with Gasteiger partial charge in [-0.1, -0.05) is 13.8 Å². The number of hydrogen-bond acceptors (Lipinski definition) is 3. The molecule has 1 aliphatic rings. The third-order valence-corrected chi connectivity index (χ3v) is 6.22. The fraction of sp³-hybridized carbons (Fsp3) is 1.00. The van der Waals surface area contributed by atoms with Crippen molar-refractivity contribution < 1.29 is 0 Å². The molecule has 0 saturated carbocycles. The highest BCUT2D eigenvalue weighted by Gasteiger charge is 2.28. The van der Waals surface area contributed by atoms with Crippen LogP contribution in [-0.4, -0.2) is 34.6 Å². The maximum absolute atomic E-state index is 3.34. The highest BCUT2D eigenvalue weighted by molar-refractivity contribution is 8.07. The molecule has 0 aromatic heterocycles. The van der Waals surface area contributed by atoms with Crippen LogP contribution in [0.4, 0.5) is 0 Å². The van der Waals surface area contributed by atoms with Crippen molar-refractivity contribution in [2.75, 3.05) is 12.8 Å². The van der Waals surface area contributed by atoms with Crippen molar-refractivity contribution in [3.05, 3.63) is 0 Å². The van der Waals surface area contributed by atoms with Crippen LogP contribution in [-0.2, 0) is 0 Å². The summed E-state index contributed by atoms with van der Waals surface area (Å²) in [6.45, 7) is 6.96. The van der Waals surface area contributed by atoms with Crippen LogP contribution in [0.2, 0.25) is 0 Å². The summed E-state index contributed by atoms with van der Waals surface area (Å²) >= 11 is 4.26. The Morgan fingerprint density at radius 3 is 2.50 bits per heavy atom. The van der Waals surface area contributed by atoms with Crippen molar-refractivity contribution in [2.45, 2.75) is 42.6 Å². The molecule has 1 nitrogen and oxygen atoms in total. The molecule has 0 aliphatic carbocycles. The SMILES string of the molecule is CNC(C)C1CSC(C)C(C)S1. The second kappa shape index (κ2) is 4.77. The van der Waals surface area contributed by atoms with Gasteiger partial charge in [-0.15, -0.1) is 0 Å². The van der Waals surface area contributed by atoms with Crippen molar-refractivity contribution in [1.82, 2.24) is 5.32 Å². The quantitative estimate of drug-likeness (QED) is 0.742. The first-order valence-electron chi connectivity index (χ1n) is 4.59. The first-order valence-corrected chi connectivity index (χ1v) is 6.58. The second-order valence-electron chi connectivity index (χ2n) is 3.50. The smallest absolute Gasteiger partial charge is 0.0292 e. The molecule has 0 aromatic carbocycles. The summed E-state index contributed by atoms with van der Waals surface area (Å²) in [5, 5.41) is 5.77. The summed E-state index contributed by atoms with van der Waals surface area (Å²) in [5.41, 5.74) is 0. The van der Waals surface area contributed by atoms with Crippen LogP contribution in [0.1, 0.15) is 20.8 Å². The van der Waals surface area contributed by atoms with Crippen LogP contribution in [0, 0.1) is 0 Å². The predicted molar refractivity (Wildman–Crippen MR) is 61.3 cm³/mol. The van der Waals surface area contributed by atoms with Gasteiger partial charge in [-0.25, -0.2) is 0 Å². The van der Waals surface area contributed by atoms with Crippen molar-refractivity contribution >= 4 is 23.5 Å². The van der Waals surface area contributed by atoms with E-state index in [0.717, 1.165) is 15.7 Å². The second-order valence-corrected chi connectivity index (χ2v) is 6.53. The lowest BCUT2D eigenvalue weighted by molar-refractivity contribution is 0.604.